The Morgan fingerprint density at radius 3 is 2.64 bits per heavy atom. The number of fused-ring (bicyclic) bond motifs is 1. The molecular formula is C21H25FN6. The highest BCUT2D eigenvalue weighted by Gasteiger charge is 2.28. The maximum Gasteiger partial charge on any atom is 0.163 e. The van der Waals surface area contributed by atoms with Crippen LogP contribution < -0.4 is 16.4 Å². The second-order valence-corrected chi connectivity index (χ2v) is 8.03. The topological polar surface area (TPSA) is 80.3 Å². The fraction of sp³-hybridized carbons (Fsp3) is 0.429. The third kappa shape index (κ3) is 3.54. The van der Waals surface area contributed by atoms with Gasteiger partial charge in [0, 0.05) is 29.4 Å². The van der Waals surface area contributed by atoms with E-state index in [9.17, 15) is 4.39 Å². The zero-order valence-corrected chi connectivity index (χ0v) is 15.7. The Morgan fingerprint density at radius 1 is 1.07 bits per heavy atom. The van der Waals surface area contributed by atoms with Gasteiger partial charge in [0.1, 0.15) is 17.5 Å². The van der Waals surface area contributed by atoms with Crippen LogP contribution in [0.3, 0.4) is 0 Å². The lowest BCUT2D eigenvalue weighted by molar-refractivity contribution is 0.410. The van der Waals surface area contributed by atoms with Crippen LogP contribution in [0.1, 0.15) is 50.0 Å². The van der Waals surface area contributed by atoms with Crippen LogP contribution in [0.15, 0.2) is 36.5 Å². The predicted molar refractivity (Wildman–Crippen MR) is 108 cm³/mol. The van der Waals surface area contributed by atoms with Crippen LogP contribution in [-0.2, 0) is 0 Å². The molecule has 0 amide bonds. The van der Waals surface area contributed by atoms with Gasteiger partial charge in [-0.3, -0.25) is 0 Å². The number of hydrogen-bond donors (Lipinski definition) is 3. The predicted octanol–water partition coefficient (Wildman–Crippen LogP) is 4.17. The van der Waals surface area contributed by atoms with E-state index in [4.69, 9.17) is 10.7 Å². The number of rotatable bonds is 5. The quantitative estimate of drug-likeness (QED) is 0.619. The highest BCUT2D eigenvalue weighted by Crippen LogP contribution is 2.42. The van der Waals surface area contributed by atoms with Crippen LogP contribution in [-0.4, -0.2) is 26.7 Å². The van der Waals surface area contributed by atoms with Crippen molar-refractivity contribution in [2.75, 3.05) is 10.6 Å². The van der Waals surface area contributed by atoms with Crippen LogP contribution in [0.5, 0.6) is 0 Å². The first-order valence-electron chi connectivity index (χ1n) is 10.1. The van der Waals surface area contributed by atoms with Crippen molar-refractivity contribution in [2.24, 2.45) is 5.73 Å². The van der Waals surface area contributed by atoms with Gasteiger partial charge in [-0.2, -0.15) is 9.61 Å². The summed E-state index contributed by atoms with van der Waals surface area (Å²) in [4.78, 5) is 4.87. The second kappa shape index (κ2) is 7.05. The monoisotopic (exact) mass is 380 g/mol. The summed E-state index contributed by atoms with van der Waals surface area (Å²) in [5.41, 5.74) is 8.79. The second-order valence-electron chi connectivity index (χ2n) is 8.03. The molecule has 0 atom stereocenters. The van der Waals surface area contributed by atoms with Gasteiger partial charge in [0.05, 0.1) is 6.20 Å². The minimum absolute atomic E-state index is 0.272. The van der Waals surface area contributed by atoms with Gasteiger partial charge in [-0.25, -0.2) is 9.37 Å². The molecule has 28 heavy (non-hydrogen) atoms. The zero-order valence-electron chi connectivity index (χ0n) is 15.7. The van der Waals surface area contributed by atoms with E-state index in [2.05, 4.69) is 15.7 Å². The Bertz CT molecular complexity index is 988. The summed E-state index contributed by atoms with van der Waals surface area (Å²) in [5, 5.41) is 11.4. The van der Waals surface area contributed by atoms with Gasteiger partial charge >= 0.3 is 0 Å². The number of nitrogens with one attached hydrogen (secondary N) is 2. The number of aromatic nitrogens is 3. The van der Waals surface area contributed by atoms with Crippen molar-refractivity contribution in [2.45, 2.75) is 56.5 Å². The lowest BCUT2D eigenvalue weighted by atomic mass is 9.92. The van der Waals surface area contributed by atoms with Gasteiger partial charge in [0.15, 0.2) is 5.65 Å². The van der Waals surface area contributed by atoms with E-state index in [1.165, 1.54) is 30.5 Å². The molecule has 0 saturated heterocycles. The van der Waals surface area contributed by atoms with Crippen LogP contribution in [0.4, 0.5) is 21.7 Å². The molecule has 0 spiro atoms. The van der Waals surface area contributed by atoms with E-state index in [1.54, 1.807) is 6.07 Å². The Morgan fingerprint density at radius 2 is 1.89 bits per heavy atom. The smallest absolute Gasteiger partial charge is 0.163 e. The first-order chi connectivity index (χ1) is 13.7. The molecule has 7 heteroatoms. The largest absolute Gasteiger partial charge is 0.367 e. The highest BCUT2D eigenvalue weighted by molar-refractivity contribution is 5.66. The van der Waals surface area contributed by atoms with Gasteiger partial charge in [-0.15, -0.1) is 0 Å². The molecule has 4 N–H and O–H groups in total. The maximum absolute atomic E-state index is 13.6. The minimum Gasteiger partial charge on any atom is -0.367 e. The molecule has 1 aromatic carbocycles. The van der Waals surface area contributed by atoms with Crippen molar-refractivity contribution in [3.8, 4) is 0 Å². The van der Waals surface area contributed by atoms with Gasteiger partial charge in [-0.1, -0.05) is 6.07 Å². The Balaban J connectivity index is 1.50. The molecule has 0 aliphatic heterocycles. The number of benzene rings is 1. The Hall–Kier alpha value is -2.67. The molecule has 5 rings (SSSR count). The molecule has 2 saturated carbocycles. The van der Waals surface area contributed by atoms with Crippen molar-refractivity contribution in [1.82, 2.24) is 14.6 Å². The zero-order chi connectivity index (χ0) is 19.1. The lowest BCUT2D eigenvalue weighted by Crippen LogP contribution is -2.33. The molecular weight excluding hydrogens is 355 g/mol. The number of hydrogen-bond acceptors (Lipinski definition) is 5. The molecule has 0 bridgehead atoms. The summed E-state index contributed by atoms with van der Waals surface area (Å²) in [6.45, 7) is 0. The fourth-order valence-corrected chi connectivity index (χ4v) is 4.01. The molecule has 2 aromatic heterocycles. The molecule has 0 radical (unpaired) electrons. The number of anilines is 3. The highest BCUT2D eigenvalue weighted by atomic mass is 19.1. The third-order valence-corrected chi connectivity index (χ3v) is 5.74. The summed E-state index contributed by atoms with van der Waals surface area (Å²) >= 11 is 0. The standard InChI is InChI=1S/C21H25FN6/c22-14-2-1-3-17(10-14)26-20-11-19(25-16-8-6-15(23)7-9-16)27-21-18(13-4-5-13)12-24-28(20)21/h1-3,10-13,15-16,26H,4-9,23H2,(H,25,27)/t15-,16-. The first kappa shape index (κ1) is 17.4. The van der Waals surface area contributed by atoms with Crippen molar-refractivity contribution < 1.29 is 4.39 Å². The van der Waals surface area contributed by atoms with Crippen LogP contribution >= 0.6 is 0 Å². The van der Waals surface area contributed by atoms with Crippen LogP contribution in [0.2, 0.25) is 0 Å². The molecule has 0 unspecified atom stereocenters. The number of halogens is 1. The third-order valence-electron chi connectivity index (χ3n) is 5.74. The fourth-order valence-electron chi connectivity index (χ4n) is 4.01. The molecule has 2 aliphatic rings. The van der Waals surface area contributed by atoms with Crippen LogP contribution in [0.25, 0.3) is 5.65 Å². The Kier molecular flexibility index (Phi) is 4.39. The van der Waals surface area contributed by atoms with E-state index in [1.807, 2.05) is 22.8 Å². The summed E-state index contributed by atoms with van der Waals surface area (Å²) in [6.07, 6.45) is 8.47. The molecule has 2 aliphatic carbocycles. The van der Waals surface area contributed by atoms with Crippen molar-refractivity contribution >= 4 is 23.0 Å². The summed E-state index contributed by atoms with van der Waals surface area (Å²) in [7, 11) is 0. The van der Waals surface area contributed by atoms with Crippen LogP contribution in [0, 0.1) is 5.82 Å². The molecule has 146 valence electrons. The molecule has 3 aromatic rings. The van der Waals surface area contributed by atoms with E-state index >= 15 is 0 Å². The van der Waals surface area contributed by atoms with E-state index in [-0.39, 0.29) is 5.82 Å². The Labute approximate surface area is 163 Å². The summed E-state index contributed by atoms with van der Waals surface area (Å²) in [6, 6.07) is 9.10. The number of nitrogens with two attached hydrogens (primary N) is 1. The average molecular weight is 380 g/mol. The van der Waals surface area contributed by atoms with Crippen molar-refractivity contribution in [3.05, 3.63) is 47.9 Å². The van der Waals surface area contributed by atoms with Crippen molar-refractivity contribution in [1.29, 1.82) is 0 Å². The summed E-state index contributed by atoms with van der Waals surface area (Å²) in [5.74, 6) is 1.88. The molecule has 2 heterocycles. The number of nitrogens with zero attached hydrogens (tertiary/aromatic N) is 3. The van der Waals surface area contributed by atoms with Gasteiger partial charge in [0.2, 0.25) is 0 Å². The average Bonchev–Trinajstić information content (AvgIpc) is 3.43. The lowest BCUT2D eigenvalue weighted by Gasteiger charge is -2.27. The molecule has 6 nitrogen and oxygen atoms in total. The van der Waals surface area contributed by atoms with E-state index in [0.29, 0.717) is 23.7 Å². The normalized spacial score (nSPS) is 22.4. The minimum atomic E-state index is -0.272. The van der Waals surface area contributed by atoms with E-state index in [0.717, 1.165) is 43.0 Å². The van der Waals surface area contributed by atoms with E-state index < -0.39 is 0 Å². The van der Waals surface area contributed by atoms with Gasteiger partial charge in [-0.05, 0) is 62.6 Å². The van der Waals surface area contributed by atoms with Gasteiger partial charge < -0.3 is 16.4 Å². The SMILES string of the molecule is N[C@H]1CC[C@H](Nc2cc(Nc3cccc(F)c3)n3ncc(C4CC4)c3n2)CC1. The summed E-state index contributed by atoms with van der Waals surface area (Å²) < 4.78 is 15.4. The van der Waals surface area contributed by atoms with Crippen molar-refractivity contribution in [3.63, 3.8) is 0 Å². The maximum atomic E-state index is 13.6. The molecule has 2 fully saturated rings. The van der Waals surface area contributed by atoms with Gasteiger partial charge in [0.25, 0.3) is 0 Å². The first-order valence-corrected chi connectivity index (χ1v) is 10.1.